The molecule has 0 amide bonds. The predicted octanol–water partition coefficient (Wildman–Crippen LogP) is 4.53. The van der Waals surface area contributed by atoms with Crippen LogP contribution in [-0.4, -0.2) is 13.0 Å². The van der Waals surface area contributed by atoms with Crippen LogP contribution in [-0.2, 0) is 6.42 Å². The number of halogens is 1. The van der Waals surface area contributed by atoms with Crippen molar-refractivity contribution in [2.45, 2.75) is 33.1 Å². The highest BCUT2D eigenvalue weighted by Crippen LogP contribution is 2.28. The third kappa shape index (κ3) is 3.92. The third-order valence-corrected chi connectivity index (χ3v) is 3.98. The molecule has 0 saturated carbocycles. The van der Waals surface area contributed by atoms with E-state index in [1.807, 2.05) is 12.1 Å². The Morgan fingerprint density at radius 2 is 1.76 bits per heavy atom. The maximum atomic E-state index is 6.12. The van der Waals surface area contributed by atoms with Crippen LogP contribution in [0.15, 0.2) is 24.3 Å². The fraction of sp³-hybridized carbons (Fsp3) is 0.600. The van der Waals surface area contributed by atoms with Gasteiger partial charge in [-0.3, -0.25) is 0 Å². The van der Waals surface area contributed by atoms with E-state index in [4.69, 9.17) is 16.3 Å². The zero-order chi connectivity index (χ0) is 12.7. The van der Waals surface area contributed by atoms with Gasteiger partial charge in [-0.2, -0.15) is 0 Å². The van der Waals surface area contributed by atoms with E-state index < -0.39 is 0 Å². The zero-order valence-electron chi connectivity index (χ0n) is 11.1. The minimum absolute atomic E-state index is 0.544. The van der Waals surface area contributed by atoms with Crippen LogP contribution in [0.25, 0.3) is 0 Å². The van der Waals surface area contributed by atoms with Gasteiger partial charge in [0.25, 0.3) is 0 Å². The molecular formula is C15H23ClO. The summed E-state index contributed by atoms with van der Waals surface area (Å²) in [7, 11) is 1.73. The smallest absolute Gasteiger partial charge is 0.122 e. The summed E-state index contributed by atoms with van der Waals surface area (Å²) in [4.78, 5) is 0. The molecule has 96 valence electrons. The van der Waals surface area contributed by atoms with Gasteiger partial charge >= 0.3 is 0 Å². The molecule has 0 bridgehead atoms. The van der Waals surface area contributed by atoms with Crippen LogP contribution in [0.3, 0.4) is 0 Å². The first-order valence-electron chi connectivity index (χ1n) is 6.44. The molecule has 1 rings (SSSR count). The monoisotopic (exact) mass is 254 g/mol. The van der Waals surface area contributed by atoms with Crippen molar-refractivity contribution in [3.63, 3.8) is 0 Å². The van der Waals surface area contributed by atoms with Crippen molar-refractivity contribution in [3.8, 4) is 5.75 Å². The van der Waals surface area contributed by atoms with Crippen molar-refractivity contribution in [1.29, 1.82) is 0 Å². The van der Waals surface area contributed by atoms with Gasteiger partial charge in [0.1, 0.15) is 5.75 Å². The number of hydrogen-bond donors (Lipinski definition) is 0. The average Bonchev–Trinajstić information content (AvgIpc) is 2.39. The lowest BCUT2D eigenvalue weighted by atomic mass is 9.84. The fourth-order valence-electron chi connectivity index (χ4n) is 2.46. The Bertz CT molecular complexity index is 320. The maximum absolute atomic E-state index is 6.12. The number of ether oxygens (including phenoxy) is 1. The van der Waals surface area contributed by atoms with E-state index in [2.05, 4.69) is 26.0 Å². The van der Waals surface area contributed by atoms with Crippen molar-refractivity contribution >= 4 is 11.6 Å². The van der Waals surface area contributed by atoms with Crippen LogP contribution in [0.1, 0.15) is 32.3 Å². The van der Waals surface area contributed by atoms with E-state index in [9.17, 15) is 0 Å². The molecule has 0 aliphatic heterocycles. The molecule has 0 aliphatic carbocycles. The van der Waals surface area contributed by atoms with Crippen molar-refractivity contribution < 1.29 is 4.74 Å². The highest BCUT2D eigenvalue weighted by Gasteiger charge is 2.19. The largest absolute Gasteiger partial charge is 0.496 e. The number of para-hydroxylation sites is 1. The SMILES string of the molecule is CCC(CC)C(CCl)Cc1ccccc1OC. The summed E-state index contributed by atoms with van der Waals surface area (Å²) >= 11 is 6.12. The van der Waals surface area contributed by atoms with Gasteiger partial charge in [0.05, 0.1) is 7.11 Å². The molecular weight excluding hydrogens is 232 g/mol. The van der Waals surface area contributed by atoms with Gasteiger partial charge in [0.15, 0.2) is 0 Å². The molecule has 1 nitrogen and oxygen atoms in total. The topological polar surface area (TPSA) is 9.23 Å². The molecule has 0 aromatic heterocycles. The first-order valence-corrected chi connectivity index (χ1v) is 6.98. The number of methoxy groups -OCH3 is 1. The van der Waals surface area contributed by atoms with E-state index in [1.165, 1.54) is 18.4 Å². The Morgan fingerprint density at radius 1 is 1.12 bits per heavy atom. The minimum Gasteiger partial charge on any atom is -0.496 e. The molecule has 0 saturated heterocycles. The van der Waals surface area contributed by atoms with Crippen molar-refractivity contribution in [1.82, 2.24) is 0 Å². The number of benzene rings is 1. The van der Waals surface area contributed by atoms with E-state index >= 15 is 0 Å². The van der Waals surface area contributed by atoms with Gasteiger partial charge < -0.3 is 4.74 Å². The molecule has 0 fully saturated rings. The van der Waals surface area contributed by atoms with Crippen LogP contribution in [0.5, 0.6) is 5.75 Å². The summed E-state index contributed by atoms with van der Waals surface area (Å²) in [6.07, 6.45) is 3.41. The van der Waals surface area contributed by atoms with Crippen LogP contribution >= 0.6 is 11.6 Å². The van der Waals surface area contributed by atoms with E-state index in [1.54, 1.807) is 7.11 Å². The molecule has 1 aromatic rings. The Hall–Kier alpha value is -0.690. The van der Waals surface area contributed by atoms with Gasteiger partial charge in [-0.1, -0.05) is 44.9 Å². The molecule has 0 heterocycles. The molecule has 0 spiro atoms. The highest BCUT2D eigenvalue weighted by atomic mass is 35.5. The van der Waals surface area contributed by atoms with Gasteiger partial charge in [-0.05, 0) is 29.9 Å². The average molecular weight is 255 g/mol. The predicted molar refractivity (Wildman–Crippen MR) is 75.0 cm³/mol. The molecule has 0 N–H and O–H groups in total. The second kappa shape index (κ2) is 7.60. The van der Waals surface area contributed by atoms with E-state index in [0.29, 0.717) is 11.8 Å². The van der Waals surface area contributed by atoms with Gasteiger partial charge in [0.2, 0.25) is 0 Å². The normalized spacial score (nSPS) is 12.8. The molecule has 1 aromatic carbocycles. The zero-order valence-corrected chi connectivity index (χ0v) is 11.8. The van der Waals surface area contributed by atoms with E-state index in [-0.39, 0.29) is 0 Å². The first kappa shape index (κ1) is 14.4. The summed E-state index contributed by atoms with van der Waals surface area (Å²) in [5.41, 5.74) is 1.27. The van der Waals surface area contributed by atoms with Crippen LogP contribution in [0.2, 0.25) is 0 Å². The number of rotatable bonds is 7. The summed E-state index contributed by atoms with van der Waals surface area (Å²) in [5, 5.41) is 0. The Kier molecular flexibility index (Phi) is 6.43. The van der Waals surface area contributed by atoms with Crippen LogP contribution < -0.4 is 4.74 Å². The molecule has 1 unspecified atom stereocenters. The van der Waals surface area contributed by atoms with Crippen molar-refractivity contribution in [3.05, 3.63) is 29.8 Å². The lowest BCUT2D eigenvalue weighted by Crippen LogP contribution is -2.18. The molecule has 17 heavy (non-hydrogen) atoms. The Labute approximate surface area is 110 Å². The van der Waals surface area contributed by atoms with Crippen molar-refractivity contribution in [2.24, 2.45) is 11.8 Å². The van der Waals surface area contributed by atoms with Gasteiger partial charge in [0, 0.05) is 5.88 Å². The first-order chi connectivity index (χ1) is 8.26. The highest BCUT2D eigenvalue weighted by molar-refractivity contribution is 6.18. The molecule has 0 aliphatic rings. The third-order valence-electron chi connectivity index (χ3n) is 3.59. The van der Waals surface area contributed by atoms with Crippen LogP contribution in [0.4, 0.5) is 0 Å². The van der Waals surface area contributed by atoms with Crippen molar-refractivity contribution in [2.75, 3.05) is 13.0 Å². The summed E-state index contributed by atoms with van der Waals surface area (Å²) in [5.74, 6) is 2.96. The number of hydrogen-bond acceptors (Lipinski definition) is 1. The summed E-state index contributed by atoms with van der Waals surface area (Å²) < 4.78 is 5.39. The second-order valence-electron chi connectivity index (χ2n) is 4.51. The lowest BCUT2D eigenvalue weighted by molar-refractivity contribution is 0.332. The van der Waals surface area contributed by atoms with Gasteiger partial charge in [-0.25, -0.2) is 0 Å². The fourth-order valence-corrected chi connectivity index (χ4v) is 2.82. The van der Waals surface area contributed by atoms with E-state index in [0.717, 1.165) is 18.1 Å². The number of alkyl halides is 1. The second-order valence-corrected chi connectivity index (χ2v) is 4.82. The quantitative estimate of drug-likeness (QED) is 0.650. The Morgan fingerprint density at radius 3 is 2.29 bits per heavy atom. The lowest BCUT2D eigenvalue weighted by Gasteiger charge is -2.24. The Balaban J connectivity index is 2.79. The van der Waals surface area contributed by atoms with Gasteiger partial charge in [-0.15, -0.1) is 11.6 Å². The van der Waals surface area contributed by atoms with Crippen LogP contribution in [0, 0.1) is 11.8 Å². The standard InChI is InChI=1S/C15H23ClO/c1-4-12(5-2)14(11-16)10-13-8-6-7-9-15(13)17-3/h6-9,12,14H,4-5,10-11H2,1-3H3. The minimum atomic E-state index is 0.544. The maximum Gasteiger partial charge on any atom is 0.122 e. The molecule has 0 radical (unpaired) electrons. The molecule has 2 heteroatoms. The molecule has 1 atom stereocenters. The summed E-state index contributed by atoms with van der Waals surface area (Å²) in [6.45, 7) is 4.49. The summed E-state index contributed by atoms with van der Waals surface area (Å²) in [6, 6.07) is 8.24.